The first-order chi connectivity index (χ1) is 9.06. The Morgan fingerprint density at radius 2 is 2.00 bits per heavy atom. The summed E-state index contributed by atoms with van der Waals surface area (Å²) in [5, 5.41) is 9.42. The van der Waals surface area contributed by atoms with Crippen molar-refractivity contribution in [3.8, 4) is 5.75 Å². The van der Waals surface area contributed by atoms with E-state index in [4.69, 9.17) is 0 Å². The standard InChI is InChI=1S/C14H13NO4/c16-9-1-3-11-8(5-9)7-15(14(11)19)12-4-2-10(17)6-13(12)18/h1,3,5,12,16H,2,4,6-7H2. The van der Waals surface area contributed by atoms with E-state index >= 15 is 0 Å². The Hall–Kier alpha value is -2.17. The Morgan fingerprint density at radius 1 is 1.21 bits per heavy atom. The molecule has 1 fully saturated rings. The smallest absolute Gasteiger partial charge is 0.255 e. The number of fused-ring (bicyclic) bond motifs is 1. The molecule has 1 aliphatic heterocycles. The summed E-state index contributed by atoms with van der Waals surface area (Å²) in [7, 11) is 0. The largest absolute Gasteiger partial charge is 0.508 e. The van der Waals surface area contributed by atoms with Crippen molar-refractivity contribution in [1.82, 2.24) is 4.90 Å². The summed E-state index contributed by atoms with van der Waals surface area (Å²) in [5.41, 5.74) is 1.26. The first-order valence-corrected chi connectivity index (χ1v) is 6.23. The molecule has 0 aromatic heterocycles. The molecule has 1 aliphatic carbocycles. The van der Waals surface area contributed by atoms with Crippen molar-refractivity contribution in [1.29, 1.82) is 0 Å². The van der Waals surface area contributed by atoms with Crippen molar-refractivity contribution in [2.75, 3.05) is 0 Å². The van der Waals surface area contributed by atoms with Crippen molar-refractivity contribution in [3.05, 3.63) is 29.3 Å². The third kappa shape index (κ3) is 1.91. The Kier molecular flexibility index (Phi) is 2.62. The maximum Gasteiger partial charge on any atom is 0.255 e. The van der Waals surface area contributed by atoms with Gasteiger partial charge in [0.15, 0.2) is 5.78 Å². The highest BCUT2D eigenvalue weighted by molar-refractivity contribution is 6.07. The van der Waals surface area contributed by atoms with Crippen molar-refractivity contribution in [3.63, 3.8) is 0 Å². The quantitative estimate of drug-likeness (QED) is 0.765. The van der Waals surface area contributed by atoms with Gasteiger partial charge in [0.2, 0.25) is 0 Å². The molecule has 98 valence electrons. The van der Waals surface area contributed by atoms with E-state index in [2.05, 4.69) is 0 Å². The van der Waals surface area contributed by atoms with Gasteiger partial charge in [0.25, 0.3) is 5.91 Å². The van der Waals surface area contributed by atoms with Crippen LogP contribution in [0.5, 0.6) is 5.75 Å². The highest BCUT2D eigenvalue weighted by atomic mass is 16.3. The van der Waals surface area contributed by atoms with Crippen LogP contribution in [0.15, 0.2) is 18.2 Å². The molecule has 0 spiro atoms. The number of phenolic OH excluding ortho intramolecular Hbond substituents is 1. The topological polar surface area (TPSA) is 74.7 Å². The second-order valence-electron chi connectivity index (χ2n) is 5.01. The number of hydrogen-bond donors (Lipinski definition) is 1. The Balaban J connectivity index is 1.87. The third-order valence-corrected chi connectivity index (χ3v) is 3.74. The molecule has 1 atom stereocenters. The molecular formula is C14H13NO4. The predicted octanol–water partition coefficient (Wildman–Crippen LogP) is 1.04. The number of Topliss-reactive ketones (excluding diaryl/α,β-unsaturated/α-hetero) is 2. The maximum absolute atomic E-state index is 12.2. The normalized spacial score (nSPS) is 22.8. The maximum atomic E-state index is 12.2. The summed E-state index contributed by atoms with van der Waals surface area (Å²) < 4.78 is 0. The molecule has 5 heteroatoms. The van der Waals surface area contributed by atoms with Crippen LogP contribution in [-0.4, -0.2) is 33.5 Å². The molecule has 3 rings (SSSR count). The lowest BCUT2D eigenvalue weighted by atomic mass is 9.92. The monoisotopic (exact) mass is 259 g/mol. The van der Waals surface area contributed by atoms with Gasteiger partial charge in [-0.1, -0.05) is 0 Å². The lowest BCUT2D eigenvalue weighted by Crippen LogP contribution is -2.44. The molecule has 1 aromatic carbocycles. The van der Waals surface area contributed by atoms with Gasteiger partial charge in [0.05, 0.1) is 12.5 Å². The van der Waals surface area contributed by atoms with Gasteiger partial charge in [-0.3, -0.25) is 14.4 Å². The molecule has 0 saturated heterocycles. The van der Waals surface area contributed by atoms with Gasteiger partial charge >= 0.3 is 0 Å². The average Bonchev–Trinajstić information content (AvgIpc) is 2.66. The summed E-state index contributed by atoms with van der Waals surface area (Å²) in [5.74, 6) is -0.314. The van der Waals surface area contributed by atoms with Crippen LogP contribution in [0.25, 0.3) is 0 Å². The number of carbonyl (C=O) groups is 3. The van der Waals surface area contributed by atoms with Crippen LogP contribution in [0.2, 0.25) is 0 Å². The molecule has 1 heterocycles. The minimum absolute atomic E-state index is 0.0527. The molecule has 1 unspecified atom stereocenters. The molecule has 1 saturated carbocycles. The fourth-order valence-corrected chi connectivity index (χ4v) is 2.77. The SMILES string of the molecule is O=C1CCC(N2Cc3cc(O)ccc3C2=O)C(=O)C1. The number of rotatable bonds is 1. The zero-order valence-corrected chi connectivity index (χ0v) is 10.3. The van der Waals surface area contributed by atoms with E-state index in [1.54, 1.807) is 12.1 Å². The van der Waals surface area contributed by atoms with Gasteiger partial charge in [-0.2, -0.15) is 0 Å². The van der Waals surface area contributed by atoms with Crippen LogP contribution in [0, 0.1) is 0 Å². The lowest BCUT2D eigenvalue weighted by molar-refractivity contribution is -0.133. The fourth-order valence-electron chi connectivity index (χ4n) is 2.77. The highest BCUT2D eigenvalue weighted by Crippen LogP contribution is 2.30. The summed E-state index contributed by atoms with van der Waals surface area (Å²) in [6, 6.07) is 4.09. The Bertz CT molecular complexity index is 593. The van der Waals surface area contributed by atoms with Crippen LogP contribution in [0.1, 0.15) is 35.2 Å². The van der Waals surface area contributed by atoms with E-state index in [0.717, 1.165) is 5.56 Å². The zero-order valence-electron chi connectivity index (χ0n) is 10.3. The number of ketones is 2. The first-order valence-electron chi connectivity index (χ1n) is 6.23. The van der Waals surface area contributed by atoms with Crippen molar-refractivity contribution in [2.24, 2.45) is 0 Å². The van der Waals surface area contributed by atoms with Crippen LogP contribution < -0.4 is 0 Å². The molecule has 0 bridgehead atoms. The molecule has 1 aromatic rings. The number of nitrogens with zero attached hydrogens (tertiary/aromatic N) is 1. The van der Waals surface area contributed by atoms with Crippen molar-refractivity contribution >= 4 is 17.5 Å². The average molecular weight is 259 g/mol. The number of phenols is 1. The number of hydrogen-bond acceptors (Lipinski definition) is 4. The van der Waals surface area contributed by atoms with E-state index < -0.39 is 6.04 Å². The molecule has 2 aliphatic rings. The van der Waals surface area contributed by atoms with Gasteiger partial charge < -0.3 is 10.0 Å². The molecule has 5 nitrogen and oxygen atoms in total. The van der Waals surface area contributed by atoms with Crippen LogP contribution in [-0.2, 0) is 16.1 Å². The van der Waals surface area contributed by atoms with E-state index in [1.165, 1.54) is 11.0 Å². The minimum Gasteiger partial charge on any atom is -0.508 e. The van der Waals surface area contributed by atoms with Gasteiger partial charge in [0, 0.05) is 18.5 Å². The van der Waals surface area contributed by atoms with Crippen LogP contribution >= 0.6 is 0 Å². The summed E-state index contributed by atoms with van der Waals surface area (Å²) in [4.78, 5) is 36.9. The van der Waals surface area contributed by atoms with Crippen molar-refractivity contribution < 1.29 is 19.5 Å². The number of aromatic hydroxyl groups is 1. The number of carbonyl (C=O) groups excluding carboxylic acids is 3. The number of amides is 1. The Morgan fingerprint density at radius 3 is 2.74 bits per heavy atom. The highest BCUT2D eigenvalue weighted by Gasteiger charge is 2.38. The zero-order chi connectivity index (χ0) is 13.6. The van der Waals surface area contributed by atoms with Crippen LogP contribution in [0.4, 0.5) is 0 Å². The Labute approximate surface area is 109 Å². The molecule has 19 heavy (non-hydrogen) atoms. The predicted molar refractivity (Wildman–Crippen MR) is 65.6 cm³/mol. The van der Waals surface area contributed by atoms with Crippen molar-refractivity contribution in [2.45, 2.75) is 31.8 Å². The van der Waals surface area contributed by atoms with Crippen LogP contribution in [0.3, 0.4) is 0 Å². The second-order valence-corrected chi connectivity index (χ2v) is 5.01. The van der Waals surface area contributed by atoms with Gasteiger partial charge in [-0.25, -0.2) is 0 Å². The molecule has 1 amide bonds. The lowest BCUT2D eigenvalue weighted by Gasteiger charge is -2.29. The van der Waals surface area contributed by atoms with Gasteiger partial charge in [-0.15, -0.1) is 0 Å². The summed E-state index contributed by atoms with van der Waals surface area (Å²) >= 11 is 0. The molecular weight excluding hydrogens is 246 g/mol. The number of benzene rings is 1. The van der Waals surface area contributed by atoms with E-state index in [9.17, 15) is 19.5 Å². The fraction of sp³-hybridized carbons (Fsp3) is 0.357. The van der Waals surface area contributed by atoms with E-state index in [0.29, 0.717) is 24.9 Å². The molecule has 0 radical (unpaired) electrons. The van der Waals surface area contributed by atoms with E-state index in [1.807, 2.05) is 0 Å². The summed E-state index contributed by atoms with van der Waals surface area (Å²) in [6.07, 6.45) is 0.682. The minimum atomic E-state index is -0.500. The third-order valence-electron chi connectivity index (χ3n) is 3.74. The van der Waals surface area contributed by atoms with E-state index in [-0.39, 0.29) is 29.6 Å². The van der Waals surface area contributed by atoms with Gasteiger partial charge in [0.1, 0.15) is 11.5 Å². The second kappa shape index (κ2) is 4.19. The summed E-state index contributed by atoms with van der Waals surface area (Å²) in [6.45, 7) is 0.327. The molecule has 1 N–H and O–H groups in total. The van der Waals surface area contributed by atoms with Gasteiger partial charge in [-0.05, 0) is 30.2 Å². The first kappa shape index (κ1) is 11.9.